The molecule has 4 heterocycles. The number of likely N-dealkylation sites (tertiary alicyclic amines) is 1. The fourth-order valence-electron chi connectivity index (χ4n) is 7.03. The second-order valence-electron chi connectivity index (χ2n) is 13.5. The molecule has 1 amide bonds. The van der Waals surface area contributed by atoms with Crippen molar-refractivity contribution >= 4 is 21.9 Å². The number of carbonyl (C=O) groups excluding carboxylic acids is 1. The van der Waals surface area contributed by atoms with Gasteiger partial charge in [0, 0.05) is 49.7 Å². The molecule has 3 aliphatic heterocycles. The van der Waals surface area contributed by atoms with E-state index in [4.69, 9.17) is 9.47 Å². The quantitative estimate of drug-likeness (QED) is 0.353. The molecule has 12 nitrogen and oxygen atoms in total. The molecule has 2 atom stereocenters. The van der Waals surface area contributed by atoms with Crippen molar-refractivity contribution in [1.82, 2.24) is 29.2 Å². The van der Waals surface area contributed by atoms with E-state index in [1.807, 2.05) is 18.7 Å². The van der Waals surface area contributed by atoms with Gasteiger partial charge in [0.1, 0.15) is 17.9 Å². The highest BCUT2D eigenvalue weighted by Gasteiger charge is 2.46. The average Bonchev–Trinajstić information content (AvgIpc) is 3.83. The maximum Gasteiger partial charge on any atom is 0.277 e. The van der Waals surface area contributed by atoms with Crippen molar-refractivity contribution in [3.63, 3.8) is 0 Å². The zero-order chi connectivity index (χ0) is 32.5. The van der Waals surface area contributed by atoms with Gasteiger partial charge in [0.15, 0.2) is 11.6 Å². The van der Waals surface area contributed by atoms with Crippen molar-refractivity contribution in [2.24, 2.45) is 5.41 Å². The van der Waals surface area contributed by atoms with Gasteiger partial charge in [-0.05, 0) is 83.7 Å². The highest BCUT2D eigenvalue weighted by Crippen LogP contribution is 2.45. The number of piperidine rings is 1. The minimum atomic E-state index is -3.48. The largest absolute Gasteiger partial charge is 0.451 e. The van der Waals surface area contributed by atoms with Crippen molar-refractivity contribution in [2.75, 3.05) is 50.8 Å². The molecular weight excluding hydrogens is 613 g/mol. The fraction of sp³-hybridized carbons (Fsp3) is 0.656. The molecule has 2 aromatic rings. The monoisotopic (exact) mass is 659 g/mol. The number of rotatable bonds is 12. The number of nitrogens with zero attached hydrogens (tertiary/aromatic N) is 5. The van der Waals surface area contributed by atoms with Gasteiger partial charge in [0.25, 0.3) is 16.1 Å². The third kappa shape index (κ3) is 7.62. The number of anilines is 1. The minimum Gasteiger partial charge on any atom is -0.451 e. The molecule has 4 aliphatic rings. The lowest BCUT2D eigenvalue weighted by atomic mass is 9.72. The molecule has 1 aromatic carbocycles. The van der Waals surface area contributed by atoms with E-state index >= 15 is 0 Å². The Hall–Kier alpha value is -2.91. The van der Waals surface area contributed by atoms with Crippen molar-refractivity contribution in [3.05, 3.63) is 42.1 Å². The minimum absolute atomic E-state index is 0.00508. The van der Waals surface area contributed by atoms with Crippen molar-refractivity contribution in [2.45, 2.75) is 83.5 Å². The van der Waals surface area contributed by atoms with Crippen molar-refractivity contribution < 1.29 is 27.1 Å². The van der Waals surface area contributed by atoms with Gasteiger partial charge in [-0.1, -0.05) is 6.92 Å². The Labute approximate surface area is 271 Å². The molecule has 1 spiro atoms. The summed E-state index contributed by atoms with van der Waals surface area (Å²) < 4.78 is 55.8. The summed E-state index contributed by atoms with van der Waals surface area (Å²) in [7, 11) is -3.48. The first-order valence-electron chi connectivity index (χ1n) is 16.5. The number of hydrogen-bond acceptors (Lipinski definition) is 9. The van der Waals surface area contributed by atoms with Gasteiger partial charge in [0.05, 0.1) is 24.5 Å². The van der Waals surface area contributed by atoms with Crippen LogP contribution in [0.25, 0.3) is 0 Å². The Morgan fingerprint density at radius 1 is 1.17 bits per heavy atom. The normalized spacial score (nSPS) is 23.4. The van der Waals surface area contributed by atoms with Gasteiger partial charge >= 0.3 is 0 Å². The van der Waals surface area contributed by atoms with Crippen LogP contribution < -0.4 is 19.1 Å². The van der Waals surface area contributed by atoms with E-state index in [9.17, 15) is 17.6 Å². The molecule has 252 valence electrons. The standard InChI is InChI=1S/C32H46FN7O5S/c1-4-36-46(42,43)37-24-6-9-26(44-18-24)17-38-13-11-32(12-14-38)19-39(20-32)30-29(16-34-21-35-30)45-28-10-5-23(33)15-27(28)31(41)40(22(2)3)25-7-8-25/h5,10,15-16,21-22,24-26,36-37H,4,6-9,11-14,17-20H2,1-3H3/t24-,26+/m1/s1. The van der Waals surface area contributed by atoms with E-state index < -0.39 is 16.0 Å². The zero-order valence-electron chi connectivity index (χ0n) is 27.0. The second-order valence-corrected chi connectivity index (χ2v) is 15.0. The molecule has 46 heavy (non-hydrogen) atoms. The Balaban J connectivity index is 1.02. The van der Waals surface area contributed by atoms with Crippen LogP contribution in [0.1, 0.15) is 69.7 Å². The number of nitrogens with one attached hydrogen (secondary N) is 2. The summed E-state index contributed by atoms with van der Waals surface area (Å²) in [6, 6.07) is 4.05. The second kappa shape index (κ2) is 13.7. The SMILES string of the molecule is CCNS(=O)(=O)N[C@@H]1CC[C@@H](CN2CCC3(CC2)CN(c2ncncc2Oc2ccc(F)cc2C(=O)N(C(C)C)C2CC2)C3)OC1. The number of hydrogen-bond donors (Lipinski definition) is 2. The molecule has 0 unspecified atom stereocenters. The summed E-state index contributed by atoms with van der Waals surface area (Å²) in [6.45, 7) is 10.9. The molecule has 3 saturated heterocycles. The lowest BCUT2D eigenvalue weighted by Crippen LogP contribution is -2.61. The number of halogens is 1. The Morgan fingerprint density at radius 2 is 1.93 bits per heavy atom. The molecule has 1 aromatic heterocycles. The summed E-state index contributed by atoms with van der Waals surface area (Å²) in [5, 5.41) is 0. The van der Waals surface area contributed by atoms with Gasteiger partial charge in [0.2, 0.25) is 0 Å². The zero-order valence-corrected chi connectivity index (χ0v) is 27.8. The van der Waals surface area contributed by atoms with Crippen molar-refractivity contribution in [3.8, 4) is 11.5 Å². The van der Waals surface area contributed by atoms with Crippen LogP contribution in [0.5, 0.6) is 11.5 Å². The summed E-state index contributed by atoms with van der Waals surface area (Å²) in [5.41, 5.74) is 0.399. The molecule has 14 heteroatoms. The summed E-state index contributed by atoms with van der Waals surface area (Å²) in [4.78, 5) is 28.8. The van der Waals surface area contributed by atoms with Crippen LogP contribution in [-0.4, -0.2) is 104 Å². The van der Waals surface area contributed by atoms with E-state index in [-0.39, 0.29) is 41.1 Å². The number of amides is 1. The molecule has 4 fully saturated rings. The van der Waals surface area contributed by atoms with E-state index in [1.165, 1.54) is 24.5 Å². The van der Waals surface area contributed by atoms with E-state index in [0.717, 1.165) is 71.2 Å². The van der Waals surface area contributed by atoms with Crippen LogP contribution in [0.2, 0.25) is 0 Å². The predicted octanol–water partition coefficient (Wildman–Crippen LogP) is 3.31. The van der Waals surface area contributed by atoms with Gasteiger partial charge < -0.3 is 24.2 Å². The highest BCUT2D eigenvalue weighted by molar-refractivity contribution is 7.87. The lowest BCUT2D eigenvalue weighted by Gasteiger charge is -2.54. The van der Waals surface area contributed by atoms with Crippen LogP contribution in [0, 0.1) is 11.2 Å². The molecule has 0 bridgehead atoms. The molecule has 6 rings (SSSR count). The van der Waals surface area contributed by atoms with Crippen LogP contribution in [0.4, 0.5) is 10.2 Å². The third-order valence-electron chi connectivity index (χ3n) is 9.54. The first kappa shape index (κ1) is 33.0. The summed E-state index contributed by atoms with van der Waals surface area (Å²) >= 11 is 0. The Bertz CT molecular complexity index is 1480. The van der Waals surface area contributed by atoms with Crippen molar-refractivity contribution in [1.29, 1.82) is 0 Å². The summed E-state index contributed by atoms with van der Waals surface area (Å²) in [5.74, 6) is 0.695. The van der Waals surface area contributed by atoms with Gasteiger partial charge in [-0.3, -0.25) is 4.79 Å². The van der Waals surface area contributed by atoms with E-state index in [0.29, 0.717) is 30.5 Å². The van der Waals surface area contributed by atoms with Gasteiger partial charge in [-0.25, -0.2) is 19.1 Å². The molecule has 1 saturated carbocycles. The number of benzene rings is 1. The third-order valence-corrected chi connectivity index (χ3v) is 10.9. The van der Waals surface area contributed by atoms with Crippen LogP contribution in [-0.2, 0) is 14.9 Å². The Kier molecular flexibility index (Phi) is 9.81. The molecule has 0 radical (unpaired) electrons. The lowest BCUT2D eigenvalue weighted by molar-refractivity contribution is -0.0299. The van der Waals surface area contributed by atoms with E-state index in [2.05, 4.69) is 29.2 Å². The van der Waals surface area contributed by atoms with Crippen LogP contribution in [0.3, 0.4) is 0 Å². The first-order chi connectivity index (χ1) is 22.0. The highest BCUT2D eigenvalue weighted by atomic mass is 32.2. The van der Waals surface area contributed by atoms with Crippen LogP contribution >= 0.6 is 0 Å². The van der Waals surface area contributed by atoms with Crippen LogP contribution in [0.15, 0.2) is 30.7 Å². The summed E-state index contributed by atoms with van der Waals surface area (Å²) in [6.07, 6.45) is 8.83. The topological polar surface area (TPSA) is 129 Å². The molecule has 2 N–H and O–H groups in total. The first-order valence-corrected chi connectivity index (χ1v) is 18.0. The number of ether oxygens (including phenoxy) is 2. The maximum atomic E-state index is 14.4. The predicted molar refractivity (Wildman–Crippen MR) is 172 cm³/mol. The molecule has 1 aliphatic carbocycles. The van der Waals surface area contributed by atoms with Gasteiger partial charge in [-0.2, -0.15) is 13.1 Å². The number of aromatic nitrogens is 2. The maximum absolute atomic E-state index is 14.4. The smallest absolute Gasteiger partial charge is 0.277 e. The van der Waals surface area contributed by atoms with E-state index in [1.54, 1.807) is 13.1 Å². The molecular formula is C32H46FN7O5S. The fourth-order valence-corrected chi connectivity index (χ4v) is 8.12. The average molecular weight is 660 g/mol. The Morgan fingerprint density at radius 3 is 2.59 bits per heavy atom. The number of carbonyl (C=O) groups is 1. The van der Waals surface area contributed by atoms with Gasteiger partial charge in [-0.15, -0.1) is 0 Å².